The van der Waals surface area contributed by atoms with E-state index in [0.29, 0.717) is 12.3 Å². The minimum Gasteiger partial charge on any atom is -0.494 e. The molecule has 228 valence electrons. The molecule has 7 heteroatoms. The molecule has 0 spiro atoms. The molecule has 0 bridgehead atoms. The zero-order valence-electron chi connectivity index (χ0n) is 25.1. The fourth-order valence-electron chi connectivity index (χ4n) is 5.93. The molecule has 2 fully saturated rings. The maximum absolute atomic E-state index is 13.6. The molecular weight excluding hydrogens is 544 g/mol. The lowest BCUT2D eigenvalue weighted by molar-refractivity contribution is -0.132. The third-order valence-electron chi connectivity index (χ3n) is 8.71. The zero-order valence-corrected chi connectivity index (χ0v) is 25.1. The molecule has 3 aromatic rings. The SMILES string of the molecule is CN(C(=O)CC1CCN(C/C=C/c2ccc(OCCCN3CCC3)cc2)CC1)C(c1ccc(F)cc1)c1ccc(F)cc1. The number of rotatable bonds is 13. The normalized spacial score (nSPS) is 16.5. The highest BCUT2D eigenvalue weighted by molar-refractivity contribution is 5.77. The number of hydrogen-bond acceptors (Lipinski definition) is 4. The first kappa shape index (κ1) is 30.9. The molecule has 0 unspecified atom stereocenters. The quantitative estimate of drug-likeness (QED) is 0.206. The van der Waals surface area contributed by atoms with Crippen LogP contribution in [0.2, 0.25) is 0 Å². The van der Waals surface area contributed by atoms with Gasteiger partial charge in [0.15, 0.2) is 0 Å². The Hall–Kier alpha value is -3.55. The molecule has 2 heterocycles. The Kier molecular flexibility index (Phi) is 11.0. The van der Waals surface area contributed by atoms with Crippen molar-refractivity contribution >= 4 is 12.0 Å². The Morgan fingerprint density at radius 2 is 1.49 bits per heavy atom. The van der Waals surface area contributed by atoms with Crippen molar-refractivity contribution in [3.05, 3.63) is 107 Å². The van der Waals surface area contributed by atoms with Gasteiger partial charge >= 0.3 is 0 Å². The van der Waals surface area contributed by atoms with Crippen molar-refractivity contribution in [2.24, 2.45) is 5.92 Å². The molecule has 0 radical (unpaired) electrons. The second-order valence-electron chi connectivity index (χ2n) is 11.8. The van der Waals surface area contributed by atoms with Gasteiger partial charge in [0.25, 0.3) is 0 Å². The summed E-state index contributed by atoms with van der Waals surface area (Å²) in [6.07, 6.45) is 9.16. The molecule has 5 nitrogen and oxygen atoms in total. The Morgan fingerprint density at radius 1 is 0.884 bits per heavy atom. The molecule has 0 aliphatic carbocycles. The first-order valence-electron chi connectivity index (χ1n) is 15.6. The van der Waals surface area contributed by atoms with Crippen molar-refractivity contribution in [3.63, 3.8) is 0 Å². The third-order valence-corrected chi connectivity index (χ3v) is 8.71. The van der Waals surface area contributed by atoms with E-state index >= 15 is 0 Å². The first-order valence-corrected chi connectivity index (χ1v) is 15.6. The lowest BCUT2D eigenvalue weighted by Crippen LogP contribution is -2.38. The predicted octanol–water partition coefficient (Wildman–Crippen LogP) is 6.80. The maximum Gasteiger partial charge on any atom is 0.223 e. The molecule has 2 aliphatic rings. The van der Waals surface area contributed by atoms with Crippen molar-refractivity contribution in [1.29, 1.82) is 0 Å². The maximum atomic E-state index is 13.6. The summed E-state index contributed by atoms with van der Waals surface area (Å²) < 4.78 is 33.1. The van der Waals surface area contributed by atoms with Gasteiger partial charge in [0.1, 0.15) is 17.4 Å². The number of ether oxygens (including phenoxy) is 1. The van der Waals surface area contributed by atoms with E-state index in [1.165, 1.54) is 43.8 Å². The van der Waals surface area contributed by atoms with E-state index in [0.717, 1.165) is 74.5 Å². The topological polar surface area (TPSA) is 36.0 Å². The zero-order chi connectivity index (χ0) is 30.0. The minimum atomic E-state index is -0.408. The second-order valence-corrected chi connectivity index (χ2v) is 11.8. The number of hydrogen-bond donors (Lipinski definition) is 0. The largest absolute Gasteiger partial charge is 0.494 e. The minimum absolute atomic E-state index is 0.0422. The number of carbonyl (C=O) groups is 1. The number of amides is 1. The molecule has 0 saturated carbocycles. The van der Waals surface area contributed by atoms with Gasteiger partial charge in [-0.15, -0.1) is 0 Å². The van der Waals surface area contributed by atoms with Gasteiger partial charge in [0, 0.05) is 26.6 Å². The summed E-state index contributed by atoms with van der Waals surface area (Å²) in [5.41, 5.74) is 2.75. The van der Waals surface area contributed by atoms with Gasteiger partial charge in [0.05, 0.1) is 12.6 Å². The smallest absolute Gasteiger partial charge is 0.223 e. The van der Waals surface area contributed by atoms with E-state index in [2.05, 4.69) is 34.1 Å². The lowest BCUT2D eigenvalue weighted by Gasteiger charge is -2.34. The summed E-state index contributed by atoms with van der Waals surface area (Å²) in [6.45, 7) is 7.14. The number of nitrogens with zero attached hydrogens (tertiary/aromatic N) is 3. The van der Waals surface area contributed by atoms with Crippen molar-refractivity contribution in [1.82, 2.24) is 14.7 Å². The van der Waals surface area contributed by atoms with E-state index < -0.39 is 6.04 Å². The average molecular weight is 588 g/mol. The van der Waals surface area contributed by atoms with Gasteiger partial charge in [-0.25, -0.2) is 8.78 Å². The van der Waals surface area contributed by atoms with Crippen LogP contribution in [0.4, 0.5) is 8.78 Å². The molecule has 2 saturated heterocycles. The van der Waals surface area contributed by atoms with Crippen LogP contribution >= 0.6 is 0 Å². The lowest BCUT2D eigenvalue weighted by atomic mass is 9.91. The molecule has 43 heavy (non-hydrogen) atoms. The van der Waals surface area contributed by atoms with Crippen LogP contribution < -0.4 is 4.74 Å². The molecule has 1 amide bonds. The summed E-state index contributed by atoms with van der Waals surface area (Å²) in [6, 6.07) is 20.2. The van der Waals surface area contributed by atoms with Crippen molar-refractivity contribution < 1.29 is 18.3 Å². The molecule has 2 aliphatic heterocycles. The fourth-order valence-corrected chi connectivity index (χ4v) is 5.93. The fraction of sp³-hybridized carbons (Fsp3) is 0.417. The molecule has 3 aromatic carbocycles. The molecule has 5 rings (SSSR count). The highest BCUT2D eigenvalue weighted by atomic mass is 19.1. The van der Waals surface area contributed by atoms with Crippen LogP contribution in [-0.4, -0.2) is 73.5 Å². The predicted molar refractivity (Wildman–Crippen MR) is 168 cm³/mol. The average Bonchev–Trinajstić information content (AvgIpc) is 2.99. The van der Waals surface area contributed by atoms with E-state index in [-0.39, 0.29) is 17.5 Å². The van der Waals surface area contributed by atoms with E-state index in [4.69, 9.17) is 4.74 Å². The van der Waals surface area contributed by atoms with Gasteiger partial charge in [0.2, 0.25) is 5.91 Å². The van der Waals surface area contributed by atoms with Crippen LogP contribution in [0.5, 0.6) is 5.75 Å². The number of piperidine rings is 1. The summed E-state index contributed by atoms with van der Waals surface area (Å²) in [4.78, 5) is 20.0. The van der Waals surface area contributed by atoms with Crippen LogP contribution in [0, 0.1) is 17.6 Å². The second kappa shape index (κ2) is 15.3. The van der Waals surface area contributed by atoms with Gasteiger partial charge in [-0.2, -0.15) is 0 Å². The Morgan fingerprint density at radius 3 is 2.05 bits per heavy atom. The molecule has 0 aromatic heterocycles. The van der Waals surface area contributed by atoms with E-state index in [9.17, 15) is 13.6 Å². The highest BCUT2D eigenvalue weighted by Gasteiger charge is 2.27. The van der Waals surface area contributed by atoms with Crippen molar-refractivity contribution in [3.8, 4) is 5.75 Å². The summed E-state index contributed by atoms with van der Waals surface area (Å²) in [7, 11) is 1.78. The van der Waals surface area contributed by atoms with Crippen molar-refractivity contribution in [2.75, 3.05) is 52.9 Å². The summed E-state index contributed by atoms with van der Waals surface area (Å²) in [5, 5.41) is 0. The van der Waals surface area contributed by atoms with Crippen LogP contribution in [0.1, 0.15) is 54.8 Å². The monoisotopic (exact) mass is 587 g/mol. The number of likely N-dealkylation sites (tertiary alicyclic amines) is 2. The first-order chi connectivity index (χ1) is 20.9. The summed E-state index contributed by atoms with van der Waals surface area (Å²) in [5.74, 6) is 0.618. The van der Waals surface area contributed by atoms with Crippen LogP contribution in [0.25, 0.3) is 6.08 Å². The van der Waals surface area contributed by atoms with E-state index in [1.54, 1.807) is 36.2 Å². The van der Waals surface area contributed by atoms with Crippen LogP contribution in [0.15, 0.2) is 78.9 Å². The highest BCUT2D eigenvalue weighted by Crippen LogP contribution is 2.30. The summed E-state index contributed by atoms with van der Waals surface area (Å²) >= 11 is 0. The Balaban J connectivity index is 1.06. The Labute approximate surface area is 254 Å². The molecular formula is C36H43F2N3O2. The number of halogens is 2. The van der Waals surface area contributed by atoms with Gasteiger partial charge < -0.3 is 14.5 Å². The molecule has 0 atom stereocenters. The standard InChI is InChI=1S/C36H43F2N3O2/c1-39(36(30-8-12-32(37)13-9-30)31-10-14-33(38)15-11-31)35(42)27-29-18-24-41(25-19-29)20-2-5-28-6-16-34(17-7-28)43-26-4-23-40-21-3-22-40/h2,5-17,29,36H,3-4,18-27H2,1H3/b5-2+. The number of carbonyl (C=O) groups excluding carboxylic acids is 1. The van der Waals surface area contributed by atoms with Crippen LogP contribution in [0.3, 0.4) is 0 Å². The van der Waals surface area contributed by atoms with Crippen LogP contribution in [-0.2, 0) is 4.79 Å². The molecule has 0 N–H and O–H groups in total. The Bertz CT molecular complexity index is 1270. The van der Waals surface area contributed by atoms with Gasteiger partial charge in [-0.05, 0) is 111 Å². The van der Waals surface area contributed by atoms with Gasteiger partial charge in [-0.1, -0.05) is 48.6 Å². The van der Waals surface area contributed by atoms with Crippen molar-refractivity contribution in [2.45, 2.75) is 38.1 Å². The number of benzene rings is 3. The third kappa shape index (κ3) is 8.97. The van der Waals surface area contributed by atoms with Gasteiger partial charge in [-0.3, -0.25) is 9.69 Å². The van der Waals surface area contributed by atoms with E-state index in [1.807, 2.05) is 12.1 Å².